The quantitative estimate of drug-likeness (QED) is 0.438. The number of hydrogen-bond donors (Lipinski definition) is 2. The summed E-state index contributed by atoms with van der Waals surface area (Å²) in [6, 6.07) is 4.29. The van der Waals surface area contributed by atoms with Crippen molar-refractivity contribution in [1.29, 1.82) is 5.26 Å². The van der Waals surface area contributed by atoms with Crippen LogP contribution >= 0.6 is 11.3 Å². The van der Waals surface area contributed by atoms with E-state index in [-0.39, 0.29) is 18.0 Å². The number of alkyl halides is 6. The second-order valence-electron chi connectivity index (χ2n) is 7.85. The molecule has 1 spiro atoms. The molecule has 0 aliphatic carbocycles. The molecule has 9 nitrogen and oxygen atoms in total. The zero-order chi connectivity index (χ0) is 27.7. The fourth-order valence-electron chi connectivity index (χ4n) is 3.60. The molecule has 3 heterocycles. The van der Waals surface area contributed by atoms with E-state index in [0.29, 0.717) is 6.54 Å². The molecule has 2 aliphatic heterocycles. The first kappa shape index (κ1) is 31.1. The molecule has 0 radical (unpaired) electrons. The Morgan fingerprint density at radius 2 is 1.56 bits per heavy atom. The number of nitriles is 1. The largest absolute Gasteiger partial charge is 0.490 e. The molecule has 1 amide bonds. The number of hydrogen-bond acceptors (Lipinski definition) is 7. The smallest absolute Gasteiger partial charge is 0.475 e. The van der Waals surface area contributed by atoms with Gasteiger partial charge in [-0.2, -0.15) is 42.9 Å². The minimum atomic E-state index is -5.08. The number of nitrogens with zero attached hydrogens (tertiary/aromatic N) is 4. The van der Waals surface area contributed by atoms with Crippen LogP contribution in [0.25, 0.3) is 0 Å². The number of likely N-dealkylation sites (N-methyl/N-ethyl adjacent to an activating group) is 1. The Bertz CT molecular complexity index is 901. The number of piperazine rings is 1. The van der Waals surface area contributed by atoms with Crippen LogP contribution in [0, 0.1) is 11.3 Å². The van der Waals surface area contributed by atoms with Gasteiger partial charge in [-0.05, 0) is 42.3 Å². The second-order valence-corrected chi connectivity index (χ2v) is 8.63. The molecule has 2 saturated heterocycles. The molecule has 0 bridgehead atoms. The van der Waals surface area contributed by atoms with Crippen molar-refractivity contribution in [1.82, 2.24) is 14.7 Å². The summed E-state index contributed by atoms with van der Waals surface area (Å²) in [5, 5.41) is 27.5. The predicted octanol–water partition coefficient (Wildman–Crippen LogP) is 2.65. The minimum Gasteiger partial charge on any atom is -0.475 e. The number of halogens is 6. The van der Waals surface area contributed by atoms with Crippen molar-refractivity contribution in [2.45, 2.75) is 37.3 Å². The first-order valence-corrected chi connectivity index (χ1v) is 11.2. The van der Waals surface area contributed by atoms with Gasteiger partial charge in [0, 0.05) is 32.7 Å². The first-order chi connectivity index (χ1) is 16.5. The van der Waals surface area contributed by atoms with E-state index in [0.717, 1.165) is 39.0 Å². The molecule has 16 heteroatoms. The van der Waals surface area contributed by atoms with E-state index in [1.165, 1.54) is 5.56 Å². The van der Waals surface area contributed by atoms with Gasteiger partial charge in [0.15, 0.2) is 0 Å². The van der Waals surface area contributed by atoms with E-state index < -0.39 is 24.3 Å². The lowest BCUT2D eigenvalue weighted by Crippen LogP contribution is -2.67. The minimum absolute atomic E-state index is 0.151. The number of aliphatic carboxylic acids is 2. The van der Waals surface area contributed by atoms with Gasteiger partial charge in [0.25, 0.3) is 0 Å². The van der Waals surface area contributed by atoms with Crippen LogP contribution in [0.2, 0.25) is 0 Å². The van der Waals surface area contributed by atoms with Gasteiger partial charge < -0.3 is 15.1 Å². The third-order valence-corrected chi connectivity index (χ3v) is 6.27. The summed E-state index contributed by atoms with van der Waals surface area (Å²) in [7, 11) is 2.05. The number of thiophene rings is 1. The van der Waals surface area contributed by atoms with E-state index in [1.54, 1.807) is 16.2 Å². The molecule has 0 unspecified atom stereocenters. The van der Waals surface area contributed by atoms with E-state index in [9.17, 15) is 31.1 Å². The van der Waals surface area contributed by atoms with Gasteiger partial charge in [-0.15, -0.1) is 0 Å². The van der Waals surface area contributed by atoms with Crippen LogP contribution in [0.1, 0.15) is 18.4 Å². The molecular weight excluding hydrogens is 522 g/mol. The van der Waals surface area contributed by atoms with Gasteiger partial charge in [-0.3, -0.25) is 14.6 Å². The average Bonchev–Trinajstić information content (AvgIpc) is 3.28. The molecule has 202 valence electrons. The highest BCUT2D eigenvalue weighted by molar-refractivity contribution is 7.07. The fourth-order valence-corrected chi connectivity index (χ4v) is 4.26. The number of carbonyl (C=O) groups excluding carboxylic acids is 1. The molecule has 0 aromatic carbocycles. The molecule has 2 fully saturated rings. The van der Waals surface area contributed by atoms with Crippen molar-refractivity contribution in [2.24, 2.45) is 0 Å². The maximum absolute atomic E-state index is 12.8. The van der Waals surface area contributed by atoms with Gasteiger partial charge in [0.05, 0.1) is 6.07 Å². The Morgan fingerprint density at radius 1 is 1.06 bits per heavy atom. The number of carbonyl (C=O) groups is 3. The monoisotopic (exact) mass is 546 g/mol. The maximum Gasteiger partial charge on any atom is 0.490 e. The molecular formula is C20H24F6N4O5S. The summed E-state index contributed by atoms with van der Waals surface area (Å²) in [4.78, 5) is 37.0. The Kier molecular flexibility index (Phi) is 11.1. The summed E-state index contributed by atoms with van der Waals surface area (Å²) in [6.45, 7) is 4.59. The van der Waals surface area contributed by atoms with Gasteiger partial charge in [0.2, 0.25) is 5.91 Å². The van der Waals surface area contributed by atoms with Crippen LogP contribution in [0.5, 0.6) is 0 Å². The van der Waals surface area contributed by atoms with Crippen molar-refractivity contribution >= 4 is 29.2 Å². The molecule has 1 aromatic heterocycles. The lowest BCUT2D eigenvalue weighted by Gasteiger charge is -2.51. The molecule has 3 rings (SSSR count). The normalized spacial score (nSPS) is 18.4. The van der Waals surface area contributed by atoms with E-state index in [2.05, 4.69) is 39.7 Å². The third kappa shape index (κ3) is 8.95. The van der Waals surface area contributed by atoms with E-state index >= 15 is 0 Å². The lowest BCUT2D eigenvalue weighted by molar-refractivity contribution is -0.193. The van der Waals surface area contributed by atoms with Crippen molar-refractivity contribution in [3.05, 3.63) is 22.4 Å². The van der Waals surface area contributed by atoms with E-state index in [4.69, 9.17) is 25.1 Å². The van der Waals surface area contributed by atoms with Crippen LogP contribution in [0.3, 0.4) is 0 Å². The predicted molar refractivity (Wildman–Crippen MR) is 114 cm³/mol. The third-order valence-electron chi connectivity index (χ3n) is 5.54. The lowest BCUT2D eigenvalue weighted by atomic mass is 9.82. The number of carboxylic acid groups (broad SMARTS) is 2. The summed E-state index contributed by atoms with van der Waals surface area (Å²) in [6.07, 6.45) is -8.46. The van der Waals surface area contributed by atoms with Crippen LogP contribution in [0.15, 0.2) is 16.8 Å². The summed E-state index contributed by atoms with van der Waals surface area (Å²) in [5.41, 5.74) is 0.968. The standard InChI is InChI=1S/C16H22N4OS.2C2HF3O2/c1-18-9-10-20(8-5-17)15(21)16(18)3-6-19(7-4-16)12-14-2-11-22-13-14;2*3-2(4,5)1(6)7/h2,11,13H,3-4,6-10,12H2,1H3;2*(H,6,7). The molecule has 0 atom stereocenters. The molecule has 1 aromatic rings. The van der Waals surface area contributed by atoms with Crippen LogP contribution < -0.4 is 0 Å². The second kappa shape index (κ2) is 12.9. The van der Waals surface area contributed by atoms with Crippen molar-refractivity contribution in [3.8, 4) is 6.07 Å². The van der Waals surface area contributed by atoms with Crippen molar-refractivity contribution in [3.63, 3.8) is 0 Å². The van der Waals surface area contributed by atoms with Crippen LogP contribution in [-0.4, -0.2) is 100 Å². The molecule has 36 heavy (non-hydrogen) atoms. The topological polar surface area (TPSA) is 125 Å². The van der Waals surface area contributed by atoms with Gasteiger partial charge in [0.1, 0.15) is 12.1 Å². The highest BCUT2D eigenvalue weighted by atomic mass is 32.1. The first-order valence-electron chi connectivity index (χ1n) is 10.3. The Labute approximate surface area is 206 Å². The van der Waals surface area contributed by atoms with Crippen molar-refractivity contribution < 1.29 is 50.9 Å². The van der Waals surface area contributed by atoms with Gasteiger partial charge in [-0.25, -0.2) is 9.59 Å². The zero-order valence-corrected chi connectivity index (χ0v) is 19.8. The van der Waals surface area contributed by atoms with E-state index in [1.807, 2.05) is 0 Å². The van der Waals surface area contributed by atoms with Gasteiger partial charge >= 0.3 is 24.3 Å². The van der Waals surface area contributed by atoms with Gasteiger partial charge in [-0.1, -0.05) is 0 Å². The fraction of sp³-hybridized carbons (Fsp3) is 0.600. The number of rotatable bonds is 3. The number of likely N-dealkylation sites (tertiary alicyclic amines) is 1. The summed E-state index contributed by atoms with van der Waals surface area (Å²) in [5.74, 6) is -5.36. The van der Waals surface area contributed by atoms with Crippen LogP contribution in [-0.2, 0) is 20.9 Å². The highest BCUT2D eigenvalue weighted by Crippen LogP contribution is 2.33. The number of piperidine rings is 1. The summed E-state index contributed by atoms with van der Waals surface area (Å²) < 4.78 is 63.5. The number of amides is 1. The van der Waals surface area contributed by atoms with Crippen LogP contribution in [0.4, 0.5) is 26.3 Å². The molecule has 2 N–H and O–H groups in total. The SMILES string of the molecule is CN1CCN(CC#N)C(=O)C12CCN(Cc1ccsc1)CC2.O=C(O)C(F)(F)F.O=C(O)C(F)(F)F. The maximum atomic E-state index is 12.8. The Morgan fingerprint density at radius 3 is 1.94 bits per heavy atom. The molecule has 0 saturated carbocycles. The Balaban J connectivity index is 0.000000383. The average molecular weight is 546 g/mol. The number of carboxylic acids is 2. The summed E-state index contributed by atoms with van der Waals surface area (Å²) >= 11 is 1.73. The highest BCUT2D eigenvalue weighted by Gasteiger charge is 2.49. The van der Waals surface area contributed by atoms with Crippen molar-refractivity contribution in [2.75, 3.05) is 39.8 Å². The Hall–Kier alpha value is -2.90. The molecule has 2 aliphatic rings. The zero-order valence-electron chi connectivity index (χ0n) is 19.0.